The van der Waals surface area contributed by atoms with Crippen LogP contribution in [0, 0.1) is 0 Å². The van der Waals surface area contributed by atoms with Crippen LogP contribution < -0.4 is 5.73 Å². The standard InChI is InChI=1S/C5H5ClN2S/c6-4-2-1-3(9)5(7)8-4/h1-2,9H,(H2,7,8). The maximum atomic E-state index is 5.49. The number of thiol groups is 1. The molecular formula is C5H5ClN2S. The van der Waals surface area contributed by atoms with Gasteiger partial charge >= 0.3 is 0 Å². The van der Waals surface area contributed by atoms with Crippen LogP contribution in [0.4, 0.5) is 5.82 Å². The van der Waals surface area contributed by atoms with Gasteiger partial charge in [-0.25, -0.2) is 4.98 Å². The minimum atomic E-state index is 0.367. The zero-order valence-electron chi connectivity index (χ0n) is 4.50. The first-order valence-electron chi connectivity index (χ1n) is 2.31. The summed E-state index contributed by atoms with van der Waals surface area (Å²) < 4.78 is 0. The largest absolute Gasteiger partial charge is 0.383 e. The van der Waals surface area contributed by atoms with E-state index in [4.69, 9.17) is 17.3 Å². The summed E-state index contributed by atoms with van der Waals surface area (Å²) >= 11 is 9.49. The number of nitrogens with two attached hydrogens (primary N) is 1. The van der Waals surface area contributed by atoms with Crippen LogP contribution in [0.3, 0.4) is 0 Å². The lowest BCUT2D eigenvalue weighted by Crippen LogP contribution is -1.90. The summed E-state index contributed by atoms with van der Waals surface area (Å²) in [5.74, 6) is 0.367. The van der Waals surface area contributed by atoms with Gasteiger partial charge in [-0.2, -0.15) is 0 Å². The van der Waals surface area contributed by atoms with E-state index in [1.54, 1.807) is 12.1 Å². The Morgan fingerprint density at radius 3 is 2.67 bits per heavy atom. The molecule has 0 atom stereocenters. The van der Waals surface area contributed by atoms with Gasteiger partial charge in [0.15, 0.2) is 0 Å². The van der Waals surface area contributed by atoms with Gasteiger partial charge in [0.2, 0.25) is 0 Å². The summed E-state index contributed by atoms with van der Waals surface area (Å²) in [5, 5.41) is 0.394. The lowest BCUT2D eigenvalue weighted by molar-refractivity contribution is 1.26. The number of nitrogen functional groups attached to an aromatic ring is 1. The first kappa shape index (κ1) is 6.71. The average Bonchev–Trinajstić information content (AvgIpc) is 1.80. The fourth-order valence-electron chi connectivity index (χ4n) is 0.443. The molecule has 4 heteroatoms. The number of aromatic nitrogens is 1. The van der Waals surface area contributed by atoms with Crippen molar-refractivity contribution in [1.82, 2.24) is 4.98 Å². The van der Waals surface area contributed by atoms with Gasteiger partial charge in [0.25, 0.3) is 0 Å². The van der Waals surface area contributed by atoms with E-state index in [0.717, 1.165) is 0 Å². The van der Waals surface area contributed by atoms with Crippen LogP contribution in [0.15, 0.2) is 17.0 Å². The Morgan fingerprint density at radius 1 is 1.56 bits per heavy atom. The van der Waals surface area contributed by atoms with Gasteiger partial charge in [-0.05, 0) is 12.1 Å². The number of hydrogen-bond donors (Lipinski definition) is 2. The van der Waals surface area contributed by atoms with E-state index in [0.29, 0.717) is 15.9 Å². The summed E-state index contributed by atoms with van der Waals surface area (Å²) in [6.07, 6.45) is 0. The monoisotopic (exact) mass is 160 g/mol. The second-order valence-corrected chi connectivity index (χ2v) is 2.41. The van der Waals surface area contributed by atoms with Crippen molar-refractivity contribution in [1.29, 1.82) is 0 Å². The maximum absolute atomic E-state index is 5.49. The van der Waals surface area contributed by atoms with Crippen molar-refractivity contribution in [3.63, 3.8) is 0 Å². The lowest BCUT2D eigenvalue weighted by Gasteiger charge is -1.95. The molecule has 0 radical (unpaired) electrons. The molecule has 1 aromatic heterocycles. The molecule has 0 saturated carbocycles. The predicted octanol–water partition coefficient (Wildman–Crippen LogP) is 1.61. The predicted molar refractivity (Wildman–Crippen MR) is 40.9 cm³/mol. The van der Waals surface area contributed by atoms with E-state index in [9.17, 15) is 0 Å². The highest BCUT2D eigenvalue weighted by Gasteiger charge is 1.93. The molecule has 9 heavy (non-hydrogen) atoms. The molecule has 0 fully saturated rings. The van der Waals surface area contributed by atoms with E-state index in [1.165, 1.54) is 0 Å². The van der Waals surface area contributed by atoms with Crippen LogP contribution in [0.1, 0.15) is 0 Å². The van der Waals surface area contributed by atoms with Gasteiger partial charge < -0.3 is 5.73 Å². The van der Waals surface area contributed by atoms with Gasteiger partial charge in [0.1, 0.15) is 11.0 Å². The van der Waals surface area contributed by atoms with Crippen molar-refractivity contribution < 1.29 is 0 Å². The van der Waals surface area contributed by atoms with E-state index in [2.05, 4.69) is 17.6 Å². The van der Waals surface area contributed by atoms with Gasteiger partial charge in [-0.3, -0.25) is 0 Å². The van der Waals surface area contributed by atoms with Crippen molar-refractivity contribution in [2.24, 2.45) is 0 Å². The zero-order valence-corrected chi connectivity index (χ0v) is 6.15. The summed E-state index contributed by atoms with van der Waals surface area (Å²) in [5.41, 5.74) is 5.35. The van der Waals surface area contributed by atoms with Crippen LogP contribution in [-0.4, -0.2) is 4.98 Å². The Hall–Kier alpha value is -0.410. The second-order valence-electron chi connectivity index (χ2n) is 1.54. The van der Waals surface area contributed by atoms with Gasteiger partial charge in [0.05, 0.1) is 0 Å². The van der Waals surface area contributed by atoms with Gasteiger partial charge in [-0.15, -0.1) is 12.6 Å². The van der Waals surface area contributed by atoms with Crippen LogP contribution in [-0.2, 0) is 0 Å². The molecular weight excluding hydrogens is 156 g/mol. The highest BCUT2D eigenvalue weighted by Crippen LogP contribution is 2.15. The topological polar surface area (TPSA) is 38.9 Å². The molecule has 48 valence electrons. The number of anilines is 1. The molecule has 2 N–H and O–H groups in total. The number of pyridine rings is 1. The molecule has 2 nitrogen and oxygen atoms in total. The highest BCUT2D eigenvalue weighted by atomic mass is 35.5. The summed E-state index contributed by atoms with van der Waals surface area (Å²) in [6, 6.07) is 3.34. The third-order valence-electron chi connectivity index (χ3n) is 0.868. The highest BCUT2D eigenvalue weighted by molar-refractivity contribution is 7.80. The minimum Gasteiger partial charge on any atom is -0.383 e. The summed E-state index contributed by atoms with van der Waals surface area (Å²) in [4.78, 5) is 4.39. The summed E-state index contributed by atoms with van der Waals surface area (Å²) in [7, 11) is 0. The van der Waals surface area contributed by atoms with Crippen molar-refractivity contribution in [3.05, 3.63) is 17.3 Å². The first-order chi connectivity index (χ1) is 4.20. The fraction of sp³-hybridized carbons (Fsp3) is 0. The van der Waals surface area contributed by atoms with Gasteiger partial charge in [-0.1, -0.05) is 11.6 Å². The smallest absolute Gasteiger partial charge is 0.138 e. The van der Waals surface area contributed by atoms with Crippen LogP contribution in [0.2, 0.25) is 5.15 Å². The number of hydrogen-bond acceptors (Lipinski definition) is 3. The third-order valence-corrected chi connectivity index (χ3v) is 1.46. The van der Waals surface area contributed by atoms with E-state index in [1.807, 2.05) is 0 Å². The Labute approximate surface area is 63.4 Å². The van der Waals surface area contributed by atoms with E-state index < -0.39 is 0 Å². The van der Waals surface area contributed by atoms with E-state index >= 15 is 0 Å². The molecule has 0 amide bonds. The molecule has 0 spiro atoms. The maximum Gasteiger partial charge on any atom is 0.138 e. The Bertz CT molecular complexity index is 226. The first-order valence-corrected chi connectivity index (χ1v) is 3.13. The van der Waals surface area contributed by atoms with E-state index in [-0.39, 0.29) is 0 Å². The zero-order chi connectivity index (χ0) is 6.85. The third kappa shape index (κ3) is 1.50. The van der Waals surface area contributed by atoms with Crippen LogP contribution >= 0.6 is 24.2 Å². The number of nitrogens with zero attached hydrogens (tertiary/aromatic N) is 1. The Morgan fingerprint density at radius 2 is 2.22 bits per heavy atom. The molecule has 1 aromatic rings. The Balaban J connectivity index is 3.17. The van der Waals surface area contributed by atoms with Crippen LogP contribution in [0.25, 0.3) is 0 Å². The molecule has 0 aliphatic heterocycles. The summed E-state index contributed by atoms with van der Waals surface area (Å²) in [6.45, 7) is 0. The molecule has 0 aliphatic rings. The molecule has 1 rings (SSSR count). The van der Waals surface area contributed by atoms with Crippen molar-refractivity contribution in [3.8, 4) is 0 Å². The average molecular weight is 161 g/mol. The van der Waals surface area contributed by atoms with Crippen molar-refractivity contribution >= 4 is 30.0 Å². The SMILES string of the molecule is Nc1nc(Cl)ccc1S. The lowest BCUT2D eigenvalue weighted by atomic mass is 10.5. The number of halogens is 1. The van der Waals surface area contributed by atoms with Crippen molar-refractivity contribution in [2.45, 2.75) is 4.90 Å². The minimum absolute atomic E-state index is 0.367. The quantitative estimate of drug-likeness (QED) is 0.447. The van der Waals surface area contributed by atoms with Gasteiger partial charge in [0, 0.05) is 4.90 Å². The Kier molecular flexibility index (Phi) is 1.83. The van der Waals surface area contributed by atoms with Crippen LogP contribution in [0.5, 0.6) is 0 Å². The molecule has 1 heterocycles. The molecule has 0 saturated heterocycles. The molecule has 0 bridgehead atoms. The normalized spacial score (nSPS) is 9.56. The number of rotatable bonds is 0. The van der Waals surface area contributed by atoms with Crippen molar-refractivity contribution in [2.75, 3.05) is 5.73 Å². The molecule has 0 unspecified atom stereocenters. The second kappa shape index (κ2) is 2.45. The molecule has 0 aliphatic carbocycles. The fourth-order valence-corrected chi connectivity index (χ4v) is 0.721. The molecule has 0 aromatic carbocycles.